The minimum absolute atomic E-state index is 1.02. The van der Waals surface area contributed by atoms with Crippen LogP contribution in [0.25, 0.3) is 31.6 Å². The van der Waals surface area contributed by atoms with E-state index in [9.17, 15) is 0 Å². The molecule has 0 N–H and O–H groups in total. The first-order valence-electron chi connectivity index (χ1n) is 6.10. The van der Waals surface area contributed by atoms with E-state index in [0.717, 1.165) is 15.2 Å². The number of rotatable bonds is 1. The Morgan fingerprint density at radius 2 is 1.79 bits per heavy atom. The Morgan fingerprint density at radius 3 is 2.68 bits per heavy atom. The molecule has 0 saturated carbocycles. The molecular weight excluding hydrogens is 252 g/mol. The SMILES string of the molecule is c1ccc2cc(-c3nc4ccncc4s3)ccc2c1. The van der Waals surface area contributed by atoms with E-state index in [1.165, 1.54) is 16.3 Å². The van der Waals surface area contributed by atoms with Gasteiger partial charge in [-0.25, -0.2) is 4.98 Å². The molecule has 0 fully saturated rings. The second kappa shape index (κ2) is 4.14. The third-order valence-electron chi connectivity index (χ3n) is 3.19. The van der Waals surface area contributed by atoms with Crippen LogP contribution in [0.5, 0.6) is 0 Å². The van der Waals surface area contributed by atoms with E-state index < -0.39 is 0 Å². The molecule has 0 aliphatic rings. The van der Waals surface area contributed by atoms with Crippen molar-refractivity contribution in [2.75, 3.05) is 0 Å². The van der Waals surface area contributed by atoms with Crippen LogP contribution in [0.2, 0.25) is 0 Å². The van der Waals surface area contributed by atoms with Gasteiger partial charge in [-0.3, -0.25) is 4.98 Å². The van der Waals surface area contributed by atoms with E-state index in [1.54, 1.807) is 17.5 Å². The van der Waals surface area contributed by atoms with E-state index >= 15 is 0 Å². The highest BCUT2D eigenvalue weighted by molar-refractivity contribution is 7.21. The molecular formula is C16H10N2S. The van der Waals surface area contributed by atoms with Crippen LogP contribution in [0.15, 0.2) is 60.9 Å². The van der Waals surface area contributed by atoms with Crippen LogP contribution in [-0.4, -0.2) is 9.97 Å². The predicted molar refractivity (Wildman–Crippen MR) is 80.4 cm³/mol. The Labute approximate surface area is 114 Å². The summed E-state index contributed by atoms with van der Waals surface area (Å²) in [5.41, 5.74) is 2.18. The first kappa shape index (κ1) is 10.6. The van der Waals surface area contributed by atoms with Gasteiger partial charge in [-0.15, -0.1) is 11.3 Å². The van der Waals surface area contributed by atoms with Gasteiger partial charge in [0.1, 0.15) is 5.01 Å². The van der Waals surface area contributed by atoms with Crippen molar-refractivity contribution < 1.29 is 0 Å². The van der Waals surface area contributed by atoms with Crippen molar-refractivity contribution in [1.82, 2.24) is 9.97 Å². The Bertz CT molecular complexity index is 847. The number of thiazole rings is 1. The van der Waals surface area contributed by atoms with Gasteiger partial charge in [0, 0.05) is 18.0 Å². The third kappa shape index (κ3) is 1.79. The minimum atomic E-state index is 1.02. The highest BCUT2D eigenvalue weighted by Crippen LogP contribution is 2.31. The summed E-state index contributed by atoms with van der Waals surface area (Å²) in [7, 11) is 0. The summed E-state index contributed by atoms with van der Waals surface area (Å²) in [6, 6.07) is 16.8. The van der Waals surface area contributed by atoms with Crippen LogP contribution in [0.3, 0.4) is 0 Å². The summed E-state index contributed by atoms with van der Waals surface area (Å²) >= 11 is 1.69. The van der Waals surface area contributed by atoms with Crippen molar-refractivity contribution in [3.8, 4) is 10.6 Å². The van der Waals surface area contributed by atoms with E-state index in [-0.39, 0.29) is 0 Å². The number of benzene rings is 2. The van der Waals surface area contributed by atoms with Gasteiger partial charge >= 0.3 is 0 Å². The fourth-order valence-electron chi connectivity index (χ4n) is 2.23. The standard InChI is InChI=1S/C16H10N2S/c1-2-4-12-9-13(6-5-11(12)3-1)16-18-14-7-8-17-10-15(14)19-16/h1-10H. The monoisotopic (exact) mass is 262 g/mol. The molecule has 0 aliphatic carbocycles. The molecule has 2 heterocycles. The second-order valence-electron chi connectivity index (χ2n) is 4.42. The lowest BCUT2D eigenvalue weighted by atomic mass is 10.1. The normalized spacial score (nSPS) is 11.2. The van der Waals surface area contributed by atoms with Crippen LogP contribution >= 0.6 is 11.3 Å². The Hall–Kier alpha value is -2.26. The quantitative estimate of drug-likeness (QED) is 0.504. The summed E-state index contributed by atoms with van der Waals surface area (Å²) in [5, 5.41) is 3.56. The largest absolute Gasteiger partial charge is 0.263 e. The van der Waals surface area contributed by atoms with Crippen LogP contribution in [0.4, 0.5) is 0 Å². The van der Waals surface area contributed by atoms with Gasteiger partial charge in [0.15, 0.2) is 0 Å². The zero-order valence-electron chi connectivity index (χ0n) is 10.1. The summed E-state index contributed by atoms with van der Waals surface area (Å²) in [6.45, 7) is 0. The molecule has 4 aromatic rings. The van der Waals surface area contributed by atoms with Gasteiger partial charge in [-0.05, 0) is 22.9 Å². The van der Waals surface area contributed by atoms with Crippen LogP contribution in [-0.2, 0) is 0 Å². The van der Waals surface area contributed by atoms with Crippen molar-refractivity contribution in [3.05, 3.63) is 60.9 Å². The lowest BCUT2D eigenvalue weighted by Crippen LogP contribution is -1.77. The molecule has 2 aromatic carbocycles. The topological polar surface area (TPSA) is 25.8 Å². The van der Waals surface area contributed by atoms with Gasteiger partial charge in [0.2, 0.25) is 0 Å². The number of nitrogens with zero attached hydrogens (tertiary/aromatic N) is 2. The van der Waals surface area contributed by atoms with Crippen molar-refractivity contribution in [2.24, 2.45) is 0 Å². The molecule has 0 atom stereocenters. The molecule has 0 spiro atoms. The minimum Gasteiger partial charge on any atom is -0.263 e. The fraction of sp³-hybridized carbons (Fsp3) is 0. The second-order valence-corrected chi connectivity index (χ2v) is 5.45. The molecule has 0 unspecified atom stereocenters. The average molecular weight is 262 g/mol. The molecule has 0 bridgehead atoms. The average Bonchev–Trinajstić information content (AvgIpc) is 2.90. The summed E-state index contributed by atoms with van der Waals surface area (Å²) in [4.78, 5) is 8.81. The number of fused-ring (bicyclic) bond motifs is 2. The highest BCUT2D eigenvalue weighted by Gasteiger charge is 2.06. The molecule has 19 heavy (non-hydrogen) atoms. The maximum atomic E-state index is 4.67. The van der Waals surface area contributed by atoms with Crippen LogP contribution < -0.4 is 0 Å². The van der Waals surface area contributed by atoms with Gasteiger partial charge in [-0.1, -0.05) is 36.4 Å². The number of pyridine rings is 1. The van der Waals surface area contributed by atoms with E-state index in [1.807, 2.05) is 12.3 Å². The van der Waals surface area contributed by atoms with E-state index in [4.69, 9.17) is 0 Å². The molecule has 90 valence electrons. The molecule has 2 nitrogen and oxygen atoms in total. The van der Waals surface area contributed by atoms with Gasteiger partial charge in [0.25, 0.3) is 0 Å². The van der Waals surface area contributed by atoms with E-state index in [0.29, 0.717) is 0 Å². The molecule has 0 radical (unpaired) electrons. The Morgan fingerprint density at radius 1 is 0.895 bits per heavy atom. The molecule has 3 heteroatoms. The highest BCUT2D eigenvalue weighted by atomic mass is 32.1. The number of aromatic nitrogens is 2. The number of hydrogen-bond acceptors (Lipinski definition) is 3. The molecule has 0 aliphatic heterocycles. The first-order chi connectivity index (χ1) is 9.40. The van der Waals surface area contributed by atoms with Crippen molar-refractivity contribution in [3.63, 3.8) is 0 Å². The summed E-state index contributed by atoms with van der Waals surface area (Å²) < 4.78 is 1.13. The molecule has 0 amide bonds. The third-order valence-corrected chi connectivity index (χ3v) is 4.24. The maximum Gasteiger partial charge on any atom is 0.124 e. The summed E-state index contributed by atoms with van der Waals surface area (Å²) in [5.74, 6) is 0. The van der Waals surface area contributed by atoms with Gasteiger partial charge in [0.05, 0.1) is 10.2 Å². The molecule has 0 saturated heterocycles. The predicted octanol–water partition coefficient (Wildman–Crippen LogP) is 4.51. The van der Waals surface area contributed by atoms with Crippen molar-refractivity contribution in [2.45, 2.75) is 0 Å². The fourth-order valence-corrected chi connectivity index (χ4v) is 3.15. The molecule has 4 rings (SSSR count). The Balaban J connectivity index is 1.93. The maximum absolute atomic E-state index is 4.67. The number of hydrogen-bond donors (Lipinski definition) is 0. The van der Waals surface area contributed by atoms with Crippen LogP contribution in [0, 0.1) is 0 Å². The summed E-state index contributed by atoms with van der Waals surface area (Å²) in [6.07, 6.45) is 3.66. The smallest absolute Gasteiger partial charge is 0.124 e. The zero-order valence-corrected chi connectivity index (χ0v) is 10.9. The Kier molecular flexibility index (Phi) is 2.32. The van der Waals surface area contributed by atoms with Gasteiger partial charge < -0.3 is 0 Å². The van der Waals surface area contributed by atoms with Crippen molar-refractivity contribution in [1.29, 1.82) is 0 Å². The molecule has 2 aromatic heterocycles. The lowest BCUT2D eigenvalue weighted by Gasteiger charge is -2.00. The zero-order chi connectivity index (χ0) is 12.7. The first-order valence-corrected chi connectivity index (χ1v) is 6.91. The van der Waals surface area contributed by atoms with Crippen molar-refractivity contribution >= 4 is 32.3 Å². The van der Waals surface area contributed by atoms with Gasteiger partial charge in [-0.2, -0.15) is 0 Å². The van der Waals surface area contributed by atoms with Crippen LogP contribution in [0.1, 0.15) is 0 Å². The van der Waals surface area contributed by atoms with E-state index in [2.05, 4.69) is 52.4 Å². The lowest BCUT2D eigenvalue weighted by molar-refractivity contribution is 1.36.